The topological polar surface area (TPSA) is 44.0 Å². The first-order valence-corrected chi connectivity index (χ1v) is 8.18. The molecule has 2 aromatic rings. The number of alkyl halides is 1. The first-order chi connectivity index (χ1) is 9.24. The molecule has 100 valence electrons. The standard InChI is InChI=1S/C13H15ClN2O2P/c14-7-3-9-16-13(17)11-6-1-4-10-5-2-8-15(12(10)11)19(16)18/h1,4,6H,2-3,5,7-9H2/q+1. The van der Waals surface area contributed by atoms with E-state index in [1.165, 1.54) is 4.33 Å². The van der Waals surface area contributed by atoms with Gasteiger partial charge < -0.3 is 0 Å². The molecule has 0 aliphatic carbocycles. The van der Waals surface area contributed by atoms with E-state index in [4.69, 9.17) is 11.6 Å². The third kappa shape index (κ3) is 2.03. The Kier molecular flexibility index (Phi) is 3.46. The fraction of sp³-hybridized carbons (Fsp3) is 0.462. The molecule has 1 atom stereocenters. The Morgan fingerprint density at radius 2 is 2.21 bits per heavy atom. The van der Waals surface area contributed by atoms with Gasteiger partial charge in [-0.25, -0.2) is 0 Å². The van der Waals surface area contributed by atoms with Crippen molar-refractivity contribution in [3.05, 3.63) is 34.1 Å². The van der Waals surface area contributed by atoms with Crippen molar-refractivity contribution in [2.45, 2.75) is 32.4 Å². The van der Waals surface area contributed by atoms with Crippen LogP contribution in [0.4, 0.5) is 0 Å². The molecule has 0 fully saturated rings. The molecule has 0 spiro atoms. The summed E-state index contributed by atoms with van der Waals surface area (Å²) in [4.78, 5) is 12.4. The van der Waals surface area contributed by atoms with Gasteiger partial charge in [-0.1, -0.05) is 12.1 Å². The average molecular weight is 298 g/mol. The van der Waals surface area contributed by atoms with Crippen molar-refractivity contribution >= 4 is 30.2 Å². The van der Waals surface area contributed by atoms with Gasteiger partial charge in [0.1, 0.15) is 5.52 Å². The molecule has 19 heavy (non-hydrogen) atoms. The molecule has 1 unspecified atom stereocenters. The Balaban J connectivity index is 2.37. The lowest BCUT2D eigenvalue weighted by Crippen LogP contribution is -2.23. The molecule has 1 aliphatic heterocycles. The monoisotopic (exact) mass is 297 g/mol. The number of para-hydroxylation sites is 1. The maximum absolute atomic E-state index is 12.6. The molecule has 0 saturated carbocycles. The summed E-state index contributed by atoms with van der Waals surface area (Å²) in [7, 11) is -1.81. The second kappa shape index (κ2) is 5.10. The maximum Gasteiger partial charge on any atom is 0.598 e. The Bertz CT molecular complexity index is 751. The molecule has 0 radical (unpaired) electrons. The molecule has 0 saturated heterocycles. The number of hydrogen-bond donors (Lipinski definition) is 0. The SMILES string of the molecule is O=c1c2cccc3c2n([p+](=O)n1CCCCl)CCC3. The van der Waals surface area contributed by atoms with E-state index in [1.54, 1.807) is 0 Å². The minimum absolute atomic E-state index is 0.124. The highest BCUT2D eigenvalue weighted by atomic mass is 35.5. The smallest absolute Gasteiger partial charge is 0.265 e. The van der Waals surface area contributed by atoms with Crippen LogP contribution < -0.4 is 5.56 Å². The molecular weight excluding hydrogens is 283 g/mol. The zero-order valence-corrected chi connectivity index (χ0v) is 12.2. The summed E-state index contributed by atoms with van der Waals surface area (Å²) >= 11 is 5.68. The summed E-state index contributed by atoms with van der Waals surface area (Å²) in [6.07, 6.45) is 2.60. The summed E-state index contributed by atoms with van der Waals surface area (Å²) in [5, 5.41) is 0.682. The van der Waals surface area contributed by atoms with Crippen molar-refractivity contribution in [1.29, 1.82) is 0 Å². The number of rotatable bonds is 3. The summed E-state index contributed by atoms with van der Waals surface area (Å²) in [5.74, 6) is 0.472. The van der Waals surface area contributed by atoms with Crippen molar-refractivity contribution in [3.63, 3.8) is 0 Å². The van der Waals surface area contributed by atoms with Gasteiger partial charge in [-0.05, 0) is 35.5 Å². The van der Waals surface area contributed by atoms with Crippen LogP contribution >= 0.6 is 19.3 Å². The Morgan fingerprint density at radius 3 is 3.00 bits per heavy atom. The number of aryl methyl sites for hydroxylation is 2. The molecule has 0 N–H and O–H groups in total. The maximum atomic E-state index is 12.6. The molecule has 4 nitrogen and oxygen atoms in total. The lowest BCUT2D eigenvalue weighted by atomic mass is 10.0. The van der Waals surface area contributed by atoms with E-state index in [2.05, 4.69) is 0 Å². The number of benzene rings is 1. The van der Waals surface area contributed by atoms with Crippen molar-refractivity contribution in [3.8, 4) is 0 Å². The fourth-order valence-electron chi connectivity index (χ4n) is 2.72. The molecule has 6 heteroatoms. The van der Waals surface area contributed by atoms with Crippen LogP contribution in [-0.4, -0.2) is 14.5 Å². The second-order valence-electron chi connectivity index (χ2n) is 4.76. The average Bonchev–Trinajstić information content (AvgIpc) is 2.44. The van der Waals surface area contributed by atoms with Gasteiger partial charge in [-0.3, -0.25) is 4.79 Å². The second-order valence-corrected chi connectivity index (χ2v) is 6.61. The van der Waals surface area contributed by atoms with E-state index in [0.29, 0.717) is 24.2 Å². The fourth-order valence-corrected chi connectivity index (χ4v) is 4.39. The predicted molar refractivity (Wildman–Crippen MR) is 77.5 cm³/mol. The first-order valence-electron chi connectivity index (χ1n) is 6.48. The van der Waals surface area contributed by atoms with Gasteiger partial charge in [0, 0.05) is 5.88 Å². The zero-order chi connectivity index (χ0) is 13.4. The molecule has 1 aromatic carbocycles. The minimum atomic E-state index is -1.81. The summed E-state index contributed by atoms with van der Waals surface area (Å²) in [6.45, 7) is 1.21. The summed E-state index contributed by atoms with van der Waals surface area (Å²) < 4.78 is 15.9. The number of aromatic nitrogens is 2. The lowest BCUT2D eigenvalue weighted by molar-refractivity contribution is 0.554. The summed E-state index contributed by atoms with van der Waals surface area (Å²) in [5.41, 5.74) is 1.90. The van der Waals surface area contributed by atoms with Gasteiger partial charge >= 0.3 is 7.73 Å². The van der Waals surface area contributed by atoms with E-state index in [1.807, 2.05) is 22.5 Å². The normalized spacial score (nSPS) is 14.9. The third-order valence-corrected chi connectivity index (χ3v) is 5.45. The van der Waals surface area contributed by atoms with E-state index in [-0.39, 0.29) is 5.56 Å². The molecule has 0 amide bonds. The van der Waals surface area contributed by atoms with Crippen molar-refractivity contribution < 1.29 is 4.57 Å². The van der Waals surface area contributed by atoms with Gasteiger partial charge in [-0.2, -0.15) is 0 Å². The van der Waals surface area contributed by atoms with Gasteiger partial charge in [0.15, 0.2) is 0 Å². The van der Waals surface area contributed by atoms with Crippen LogP contribution in [0.3, 0.4) is 0 Å². The lowest BCUT2D eigenvalue weighted by Gasteiger charge is -2.14. The van der Waals surface area contributed by atoms with Gasteiger partial charge in [0.05, 0.1) is 18.5 Å². The van der Waals surface area contributed by atoms with Crippen LogP contribution in [0.1, 0.15) is 18.4 Å². The van der Waals surface area contributed by atoms with Crippen molar-refractivity contribution in [2.24, 2.45) is 0 Å². The largest absolute Gasteiger partial charge is 0.598 e. The number of hydrogen-bond acceptors (Lipinski definition) is 2. The molecule has 0 bridgehead atoms. The molecule has 3 rings (SSSR count). The van der Waals surface area contributed by atoms with Crippen LogP contribution in [0.25, 0.3) is 10.9 Å². The number of halogens is 1. The van der Waals surface area contributed by atoms with Crippen LogP contribution in [0.5, 0.6) is 0 Å². The highest BCUT2D eigenvalue weighted by Gasteiger charge is 2.26. The quantitative estimate of drug-likeness (QED) is 0.817. The van der Waals surface area contributed by atoms with E-state index in [9.17, 15) is 9.36 Å². The highest BCUT2D eigenvalue weighted by molar-refractivity contribution is 7.29. The highest BCUT2D eigenvalue weighted by Crippen LogP contribution is 2.28. The molecule has 1 aliphatic rings. The Labute approximate surface area is 116 Å². The van der Waals surface area contributed by atoms with Gasteiger partial charge in [0.2, 0.25) is 0 Å². The molecule has 1 aromatic heterocycles. The van der Waals surface area contributed by atoms with Crippen molar-refractivity contribution in [2.75, 3.05) is 5.88 Å². The Hall–Kier alpha value is -1.12. The Morgan fingerprint density at radius 1 is 1.37 bits per heavy atom. The zero-order valence-electron chi connectivity index (χ0n) is 10.5. The first kappa shape index (κ1) is 12.9. The van der Waals surface area contributed by atoms with Crippen LogP contribution in [-0.2, 0) is 24.1 Å². The number of nitrogens with zero attached hydrogens (tertiary/aromatic N) is 2. The van der Waals surface area contributed by atoms with E-state index in [0.717, 1.165) is 30.5 Å². The summed E-state index contributed by atoms with van der Waals surface area (Å²) in [6, 6.07) is 5.76. The van der Waals surface area contributed by atoms with Gasteiger partial charge in [0.25, 0.3) is 5.56 Å². The molecular formula is C13H15ClN2O2P+. The van der Waals surface area contributed by atoms with Crippen LogP contribution in [0.2, 0.25) is 0 Å². The third-order valence-electron chi connectivity index (χ3n) is 3.58. The van der Waals surface area contributed by atoms with E-state index >= 15 is 0 Å². The van der Waals surface area contributed by atoms with Crippen LogP contribution in [0.15, 0.2) is 23.0 Å². The van der Waals surface area contributed by atoms with Crippen molar-refractivity contribution in [1.82, 2.24) is 8.66 Å². The predicted octanol–water partition coefficient (Wildman–Crippen LogP) is 3.12. The van der Waals surface area contributed by atoms with Gasteiger partial charge in [-0.15, -0.1) is 20.3 Å². The van der Waals surface area contributed by atoms with Crippen LogP contribution in [0, 0.1) is 0 Å². The molecule has 2 heterocycles. The van der Waals surface area contributed by atoms with E-state index < -0.39 is 7.73 Å². The minimum Gasteiger partial charge on any atom is -0.265 e.